The Hall–Kier alpha value is -0.800. The fourth-order valence-electron chi connectivity index (χ4n) is 1.46. The lowest BCUT2D eigenvalue weighted by molar-refractivity contribution is 0.300. The van der Waals surface area contributed by atoms with Crippen LogP contribution in [0.15, 0.2) is 21.7 Å². The van der Waals surface area contributed by atoms with E-state index in [0.717, 1.165) is 15.6 Å². The van der Waals surface area contributed by atoms with Crippen LogP contribution in [-0.4, -0.2) is 25.1 Å². The molecular formula is C11H14N2O3S3. The van der Waals surface area contributed by atoms with Gasteiger partial charge in [0.15, 0.2) is 0 Å². The van der Waals surface area contributed by atoms with E-state index in [-0.39, 0.29) is 17.4 Å². The second kappa shape index (κ2) is 6.10. The molecule has 0 amide bonds. The van der Waals surface area contributed by atoms with Gasteiger partial charge in [-0.15, -0.1) is 22.7 Å². The predicted molar refractivity (Wildman–Crippen MR) is 76.0 cm³/mol. The monoisotopic (exact) mass is 318 g/mol. The van der Waals surface area contributed by atoms with Crippen LogP contribution < -0.4 is 4.72 Å². The molecule has 8 heteroatoms. The van der Waals surface area contributed by atoms with Crippen molar-refractivity contribution >= 4 is 32.7 Å². The van der Waals surface area contributed by atoms with Crippen molar-refractivity contribution in [3.63, 3.8) is 0 Å². The third kappa shape index (κ3) is 3.83. The van der Waals surface area contributed by atoms with Crippen molar-refractivity contribution in [3.05, 3.63) is 33.1 Å². The Balaban J connectivity index is 2.04. The zero-order chi connectivity index (χ0) is 13.9. The highest BCUT2D eigenvalue weighted by molar-refractivity contribution is 7.91. The van der Waals surface area contributed by atoms with Gasteiger partial charge in [-0.3, -0.25) is 0 Å². The minimum atomic E-state index is -3.49. The van der Waals surface area contributed by atoms with Crippen molar-refractivity contribution in [2.45, 2.75) is 24.1 Å². The third-order valence-corrected chi connectivity index (χ3v) is 6.34. The van der Waals surface area contributed by atoms with Gasteiger partial charge in [0, 0.05) is 29.0 Å². The van der Waals surface area contributed by atoms with Gasteiger partial charge in [0.2, 0.25) is 10.0 Å². The van der Waals surface area contributed by atoms with E-state index in [1.807, 2.05) is 12.3 Å². The van der Waals surface area contributed by atoms with Crippen molar-refractivity contribution in [1.82, 2.24) is 9.71 Å². The maximum Gasteiger partial charge on any atom is 0.250 e. The van der Waals surface area contributed by atoms with Gasteiger partial charge in [-0.25, -0.2) is 18.1 Å². The number of aliphatic hydroxyl groups excluding tert-OH is 1. The summed E-state index contributed by atoms with van der Waals surface area (Å²) < 4.78 is 26.9. The van der Waals surface area contributed by atoms with Crippen LogP contribution in [0.25, 0.3) is 0 Å². The molecule has 0 aliphatic rings. The molecule has 0 aromatic carbocycles. The minimum Gasteiger partial charge on any atom is -0.396 e. The molecule has 0 spiro atoms. The molecule has 104 valence electrons. The lowest BCUT2D eigenvalue weighted by Crippen LogP contribution is -2.22. The van der Waals surface area contributed by atoms with Crippen LogP contribution in [0, 0.1) is 6.92 Å². The Bertz CT molecular complexity index is 646. The molecular weight excluding hydrogens is 304 g/mol. The number of nitrogens with one attached hydrogen (secondary N) is 1. The summed E-state index contributed by atoms with van der Waals surface area (Å²) in [6.45, 7) is 2.09. The summed E-state index contributed by atoms with van der Waals surface area (Å²) >= 11 is 2.61. The van der Waals surface area contributed by atoms with Crippen molar-refractivity contribution in [1.29, 1.82) is 0 Å². The number of hydrogen-bond acceptors (Lipinski definition) is 6. The van der Waals surface area contributed by atoms with Gasteiger partial charge in [0.05, 0.1) is 6.54 Å². The van der Waals surface area contributed by atoms with Crippen LogP contribution in [0.5, 0.6) is 0 Å². The fraction of sp³-hybridized carbons (Fsp3) is 0.364. The number of aryl methyl sites for hydroxylation is 1. The molecule has 0 radical (unpaired) electrons. The molecule has 0 unspecified atom stereocenters. The number of thiazole rings is 1. The largest absolute Gasteiger partial charge is 0.396 e. The van der Waals surface area contributed by atoms with E-state index in [9.17, 15) is 8.42 Å². The molecule has 0 atom stereocenters. The Labute approximate surface area is 120 Å². The van der Waals surface area contributed by atoms with Gasteiger partial charge in [0.1, 0.15) is 9.22 Å². The summed E-state index contributed by atoms with van der Waals surface area (Å²) in [6.07, 6.45) is 0.478. The van der Waals surface area contributed by atoms with Gasteiger partial charge in [-0.05, 0) is 19.1 Å². The molecule has 0 fully saturated rings. The number of hydrogen-bond donors (Lipinski definition) is 2. The van der Waals surface area contributed by atoms with Gasteiger partial charge in [-0.1, -0.05) is 0 Å². The number of nitrogens with zero attached hydrogens (tertiary/aromatic N) is 1. The minimum absolute atomic E-state index is 0.0197. The van der Waals surface area contributed by atoms with Crippen LogP contribution in [0.4, 0.5) is 0 Å². The van der Waals surface area contributed by atoms with Crippen molar-refractivity contribution in [2.24, 2.45) is 0 Å². The number of sulfonamides is 1. The molecule has 0 aliphatic heterocycles. The molecule has 2 heterocycles. The van der Waals surface area contributed by atoms with Gasteiger partial charge >= 0.3 is 0 Å². The normalized spacial score (nSPS) is 11.9. The van der Waals surface area contributed by atoms with Crippen molar-refractivity contribution in [2.75, 3.05) is 6.61 Å². The van der Waals surface area contributed by atoms with Gasteiger partial charge in [0.25, 0.3) is 0 Å². The lowest BCUT2D eigenvalue weighted by Gasteiger charge is -2.02. The van der Waals surface area contributed by atoms with E-state index in [0.29, 0.717) is 6.42 Å². The molecule has 0 saturated carbocycles. The van der Waals surface area contributed by atoms with E-state index in [4.69, 9.17) is 5.11 Å². The number of aromatic nitrogens is 1. The topological polar surface area (TPSA) is 79.3 Å². The zero-order valence-electron chi connectivity index (χ0n) is 10.3. The van der Waals surface area contributed by atoms with E-state index >= 15 is 0 Å². The first-order valence-corrected chi connectivity index (χ1v) is 8.79. The highest BCUT2D eigenvalue weighted by Crippen LogP contribution is 2.22. The molecule has 2 N–H and O–H groups in total. The van der Waals surface area contributed by atoms with Crippen LogP contribution >= 0.6 is 22.7 Å². The summed E-state index contributed by atoms with van der Waals surface area (Å²) in [4.78, 5) is 5.06. The first-order chi connectivity index (χ1) is 9.01. The van der Waals surface area contributed by atoms with Gasteiger partial charge < -0.3 is 5.11 Å². The Morgan fingerprint density at radius 3 is 2.84 bits per heavy atom. The summed E-state index contributed by atoms with van der Waals surface area (Å²) in [5.41, 5.74) is 0.889. The average molecular weight is 318 g/mol. The smallest absolute Gasteiger partial charge is 0.250 e. The molecule has 0 aliphatic carbocycles. The average Bonchev–Trinajstić information content (AvgIpc) is 2.97. The Morgan fingerprint density at radius 2 is 2.21 bits per heavy atom. The van der Waals surface area contributed by atoms with Crippen molar-refractivity contribution < 1.29 is 13.5 Å². The van der Waals surface area contributed by atoms with Crippen LogP contribution in [0.1, 0.15) is 15.6 Å². The summed E-state index contributed by atoms with van der Waals surface area (Å²) in [5, 5.41) is 11.4. The first kappa shape index (κ1) is 14.6. The maximum absolute atomic E-state index is 12.0. The van der Waals surface area contributed by atoms with Crippen molar-refractivity contribution in [3.8, 4) is 0 Å². The fourth-order valence-corrected chi connectivity index (χ4v) is 4.64. The quantitative estimate of drug-likeness (QED) is 0.846. The van der Waals surface area contributed by atoms with Crippen LogP contribution in [0.2, 0.25) is 0 Å². The SMILES string of the molecule is Cc1csc(CNS(=O)(=O)c2ccc(CCO)s2)n1. The predicted octanol–water partition coefficient (Wildman–Crippen LogP) is 1.53. The van der Waals surface area contributed by atoms with E-state index in [2.05, 4.69) is 9.71 Å². The Morgan fingerprint density at radius 1 is 1.42 bits per heavy atom. The maximum atomic E-state index is 12.0. The molecule has 2 aromatic rings. The second-order valence-corrected chi connectivity index (χ2v) is 8.01. The first-order valence-electron chi connectivity index (χ1n) is 5.61. The number of rotatable bonds is 6. The van der Waals surface area contributed by atoms with E-state index < -0.39 is 10.0 Å². The van der Waals surface area contributed by atoms with E-state index in [1.54, 1.807) is 12.1 Å². The summed E-state index contributed by atoms with van der Waals surface area (Å²) in [6, 6.07) is 3.29. The summed E-state index contributed by atoms with van der Waals surface area (Å²) in [7, 11) is -3.49. The third-order valence-electron chi connectivity index (χ3n) is 2.34. The molecule has 19 heavy (non-hydrogen) atoms. The van der Waals surface area contributed by atoms with E-state index in [1.165, 1.54) is 22.7 Å². The molecule has 0 bridgehead atoms. The van der Waals surface area contributed by atoms with Crippen LogP contribution in [0.3, 0.4) is 0 Å². The molecule has 2 rings (SSSR count). The van der Waals surface area contributed by atoms with Gasteiger partial charge in [-0.2, -0.15) is 0 Å². The highest BCUT2D eigenvalue weighted by Gasteiger charge is 2.17. The number of aliphatic hydroxyl groups is 1. The summed E-state index contributed by atoms with van der Waals surface area (Å²) in [5.74, 6) is 0. The lowest BCUT2D eigenvalue weighted by atomic mass is 10.4. The molecule has 5 nitrogen and oxygen atoms in total. The molecule has 0 saturated heterocycles. The highest BCUT2D eigenvalue weighted by atomic mass is 32.2. The van der Waals surface area contributed by atoms with Crippen LogP contribution in [-0.2, 0) is 23.0 Å². The zero-order valence-corrected chi connectivity index (χ0v) is 12.7. The standard InChI is InChI=1S/C11H14N2O3S3/c1-8-7-17-10(13-8)6-12-19(15,16)11-3-2-9(18-11)4-5-14/h2-3,7,12,14H,4-6H2,1H3. The molecule has 2 aromatic heterocycles. The second-order valence-electron chi connectivity index (χ2n) is 3.90. The Kier molecular flexibility index (Phi) is 4.69. The number of thiophene rings is 1.